The summed E-state index contributed by atoms with van der Waals surface area (Å²) in [6.45, 7) is 5.91. The van der Waals surface area contributed by atoms with E-state index in [2.05, 4.69) is 46.9 Å². The van der Waals surface area contributed by atoms with Gasteiger partial charge >= 0.3 is 0 Å². The van der Waals surface area contributed by atoms with Crippen molar-refractivity contribution < 1.29 is 4.79 Å². The number of nitrogens with one attached hydrogen (secondary N) is 2. The van der Waals surface area contributed by atoms with Crippen molar-refractivity contribution >= 4 is 5.91 Å². The van der Waals surface area contributed by atoms with E-state index in [0.29, 0.717) is 12.0 Å². The number of likely N-dealkylation sites (tertiary alicyclic amines) is 1. The van der Waals surface area contributed by atoms with Crippen LogP contribution in [-0.2, 0) is 17.8 Å². The fraction of sp³-hybridized carbons (Fsp3) is 0.682. The molecule has 0 radical (unpaired) electrons. The van der Waals surface area contributed by atoms with Crippen LogP contribution >= 0.6 is 0 Å². The molecule has 1 aliphatic carbocycles. The number of carbonyl (C=O) groups excluding carboxylic acids is 1. The number of hydrazine groups is 1. The van der Waals surface area contributed by atoms with Crippen LogP contribution in [0.5, 0.6) is 0 Å². The zero-order valence-electron chi connectivity index (χ0n) is 16.0. The lowest BCUT2D eigenvalue weighted by Gasteiger charge is -2.41. The van der Waals surface area contributed by atoms with E-state index in [1.54, 1.807) is 0 Å². The summed E-state index contributed by atoms with van der Waals surface area (Å²) < 4.78 is 0. The first-order valence-corrected chi connectivity index (χ1v) is 10.5. The van der Waals surface area contributed by atoms with Gasteiger partial charge in [0.1, 0.15) is 0 Å². The summed E-state index contributed by atoms with van der Waals surface area (Å²) in [4.78, 5) is 14.7. The molecule has 1 aromatic carbocycles. The van der Waals surface area contributed by atoms with Crippen molar-refractivity contribution in [1.29, 1.82) is 0 Å². The van der Waals surface area contributed by atoms with E-state index in [4.69, 9.17) is 0 Å². The number of hydrogen-bond acceptors (Lipinski definition) is 3. The second-order valence-electron chi connectivity index (χ2n) is 8.77. The minimum absolute atomic E-state index is 0.206. The number of rotatable bonds is 4. The number of amides is 1. The summed E-state index contributed by atoms with van der Waals surface area (Å²) in [6, 6.07) is 9.54. The van der Waals surface area contributed by atoms with Crippen molar-refractivity contribution in [2.75, 3.05) is 13.1 Å². The third kappa shape index (κ3) is 4.12. The van der Waals surface area contributed by atoms with Gasteiger partial charge < -0.3 is 0 Å². The lowest BCUT2D eigenvalue weighted by Crippen LogP contribution is -2.60. The lowest BCUT2D eigenvalue weighted by molar-refractivity contribution is -0.133. The summed E-state index contributed by atoms with van der Waals surface area (Å²) >= 11 is 0. The molecule has 3 atom stereocenters. The SMILES string of the molecule is CC1CCN(Cc2ccc(CC3NNC(=O)C4CCCCC34)cc2)CC1. The highest BCUT2D eigenvalue weighted by molar-refractivity contribution is 5.79. The highest BCUT2D eigenvalue weighted by Gasteiger charge is 2.39. The number of piperidine rings is 1. The molecule has 4 heteroatoms. The van der Waals surface area contributed by atoms with Crippen LogP contribution in [0.3, 0.4) is 0 Å². The molecule has 2 N–H and O–H groups in total. The van der Waals surface area contributed by atoms with Gasteiger partial charge in [0.2, 0.25) is 5.91 Å². The average Bonchev–Trinajstić information content (AvgIpc) is 2.68. The fourth-order valence-corrected chi connectivity index (χ4v) is 5.05. The van der Waals surface area contributed by atoms with E-state index < -0.39 is 0 Å². The van der Waals surface area contributed by atoms with Gasteiger partial charge in [0.25, 0.3) is 0 Å². The highest BCUT2D eigenvalue weighted by atomic mass is 16.2. The third-order valence-corrected chi connectivity index (χ3v) is 6.81. The molecular weight excluding hydrogens is 322 g/mol. The molecule has 3 fully saturated rings. The first kappa shape index (κ1) is 18.0. The van der Waals surface area contributed by atoms with E-state index in [9.17, 15) is 4.79 Å². The smallest absolute Gasteiger partial charge is 0.237 e. The van der Waals surface area contributed by atoms with E-state index in [-0.39, 0.29) is 11.8 Å². The van der Waals surface area contributed by atoms with Crippen molar-refractivity contribution in [3.05, 3.63) is 35.4 Å². The molecule has 4 rings (SSSR count). The molecule has 0 spiro atoms. The van der Waals surface area contributed by atoms with E-state index in [1.807, 2.05) is 0 Å². The second-order valence-corrected chi connectivity index (χ2v) is 8.77. The van der Waals surface area contributed by atoms with Crippen LogP contribution in [0.15, 0.2) is 24.3 Å². The van der Waals surface area contributed by atoms with Gasteiger partial charge in [0, 0.05) is 18.5 Å². The van der Waals surface area contributed by atoms with Gasteiger partial charge in [-0.3, -0.25) is 15.1 Å². The maximum Gasteiger partial charge on any atom is 0.237 e. The number of nitrogens with zero attached hydrogens (tertiary/aromatic N) is 1. The third-order valence-electron chi connectivity index (χ3n) is 6.81. The van der Waals surface area contributed by atoms with Gasteiger partial charge in [0.15, 0.2) is 0 Å². The van der Waals surface area contributed by atoms with E-state index in [0.717, 1.165) is 25.3 Å². The molecule has 142 valence electrons. The zero-order valence-corrected chi connectivity index (χ0v) is 16.0. The Kier molecular flexibility index (Phi) is 5.60. The summed E-state index contributed by atoms with van der Waals surface area (Å²) in [5, 5.41) is 0. The lowest BCUT2D eigenvalue weighted by atomic mass is 9.72. The average molecular weight is 356 g/mol. The molecule has 1 saturated carbocycles. The Morgan fingerprint density at radius 2 is 1.69 bits per heavy atom. The normalized spacial score (nSPS) is 30.7. The molecule has 1 amide bonds. The molecule has 2 heterocycles. The molecule has 2 saturated heterocycles. The van der Waals surface area contributed by atoms with E-state index in [1.165, 1.54) is 56.3 Å². The second kappa shape index (κ2) is 8.10. The van der Waals surface area contributed by atoms with Crippen LogP contribution in [0.25, 0.3) is 0 Å². The van der Waals surface area contributed by atoms with Crippen molar-refractivity contribution in [2.45, 2.75) is 64.5 Å². The first-order chi connectivity index (χ1) is 12.7. The Bertz CT molecular complexity index is 606. The predicted octanol–water partition coefficient (Wildman–Crippen LogP) is 3.27. The molecular formula is C22H33N3O. The van der Waals surface area contributed by atoms with Gasteiger partial charge in [-0.25, -0.2) is 5.43 Å². The number of benzene rings is 1. The van der Waals surface area contributed by atoms with Gasteiger partial charge in [0.05, 0.1) is 0 Å². The van der Waals surface area contributed by atoms with Gasteiger partial charge in [-0.1, -0.05) is 44.0 Å². The molecule has 3 unspecified atom stereocenters. The number of hydrogen-bond donors (Lipinski definition) is 2. The minimum atomic E-state index is 0.206. The molecule has 3 aliphatic rings. The summed E-state index contributed by atoms with van der Waals surface area (Å²) in [5.74, 6) is 1.81. The predicted molar refractivity (Wildman–Crippen MR) is 104 cm³/mol. The molecule has 26 heavy (non-hydrogen) atoms. The Morgan fingerprint density at radius 1 is 1.00 bits per heavy atom. The van der Waals surface area contributed by atoms with Gasteiger partial charge in [-0.05, 0) is 68.2 Å². The Labute approximate surface area is 157 Å². The highest BCUT2D eigenvalue weighted by Crippen LogP contribution is 2.35. The fourth-order valence-electron chi connectivity index (χ4n) is 5.05. The van der Waals surface area contributed by atoms with Crippen LogP contribution in [-0.4, -0.2) is 29.9 Å². The molecule has 2 aliphatic heterocycles. The maximum atomic E-state index is 12.1. The number of fused-ring (bicyclic) bond motifs is 1. The number of carbonyl (C=O) groups is 1. The quantitative estimate of drug-likeness (QED) is 0.871. The monoisotopic (exact) mass is 355 g/mol. The van der Waals surface area contributed by atoms with Crippen LogP contribution in [0.4, 0.5) is 0 Å². The topological polar surface area (TPSA) is 44.4 Å². The maximum absolute atomic E-state index is 12.1. The van der Waals surface area contributed by atoms with Crippen LogP contribution in [0.2, 0.25) is 0 Å². The largest absolute Gasteiger partial charge is 0.299 e. The van der Waals surface area contributed by atoms with Crippen LogP contribution in [0, 0.1) is 17.8 Å². The molecule has 0 aromatic heterocycles. The van der Waals surface area contributed by atoms with Gasteiger partial charge in [-0.2, -0.15) is 0 Å². The minimum Gasteiger partial charge on any atom is -0.299 e. The molecule has 1 aromatic rings. The van der Waals surface area contributed by atoms with Crippen LogP contribution < -0.4 is 10.9 Å². The first-order valence-electron chi connectivity index (χ1n) is 10.5. The van der Waals surface area contributed by atoms with Gasteiger partial charge in [-0.15, -0.1) is 0 Å². The van der Waals surface area contributed by atoms with Crippen molar-refractivity contribution in [1.82, 2.24) is 15.8 Å². The standard InChI is InChI=1S/C22H33N3O/c1-16-10-12-25(13-11-16)15-18-8-6-17(7-9-18)14-21-19-4-2-3-5-20(19)22(26)24-23-21/h6-9,16,19-21,23H,2-5,10-15H2,1H3,(H,24,26). The van der Waals surface area contributed by atoms with Crippen molar-refractivity contribution in [2.24, 2.45) is 17.8 Å². The Hall–Kier alpha value is -1.39. The zero-order chi connectivity index (χ0) is 17.9. The Balaban J connectivity index is 1.34. The summed E-state index contributed by atoms with van der Waals surface area (Å²) in [5.41, 5.74) is 9.01. The Morgan fingerprint density at radius 3 is 2.46 bits per heavy atom. The summed E-state index contributed by atoms with van der Waals surface area (Å²) in [6.07, 6.45) is 8.37. The molecule has 0 bridgehead atoms. The molecule has 4 nitrogen and oxygen atoms in total. The van der Waals surface area contributed by atoms with Crippen molar-refractivity contribution in [3.8, 4) is 0 Å². The van der Waals surface area contributed by atoms with E-state index >= 15 is 0 Å². The van der Waals surface area contributed by atoms with Crippen molar-refractivity contribution in [3.63, 3.8) is 0 Å². The van der Waals surface area contributed by atoms with Crippen LogP contribution in [0.1, 0.15) is 56.6 Å². The summed E-state index contributed by atoms with van der Waals surface area (Å²) in [7, 11) is 0.